The molecular formula is C34H48N4O4. The zero-order chi connectivity index (χ0) is 30.2. The summed E-state index contributed by atoms with van der Waals surface area (Å²) >= 11 is 0. The summed E-state index contributed by atoms with van der Waals surface area (Å²) in [6.07, 6.45) is 14.7. The molecule has 0 saturated heterocycles. The topological polar surface area (TPSA) is 102 Å². The lowest BCUT2D eigenvalue weighted by molar-refractivity contribution is -0.130. The van der Waals surface area contributed by atoms with Crippen LogP contribution in [0.2, 0.25) is 0 Å². The maximum absolute atomic E-state index is 13.9. The second-order valence-electron chi connectivity index (χ2n) is 13.5. The number of nitrogens with zero attached hydrogens (tertiary/aromatic N) is 3. The number of hydrazone groups is 1. The molecule has 1 heterocycles. The Hall–Kier alpha value is -3.16. The van der Waals surface area contributed by atoms with Crippen LogP contribution in [0.5, 0.6) is 0 Å². The van der Waals surface area contributed by atoms with E-state index in [2.05, 4.69) is 24.1 Å². The van der Waals surface area contributed by atoms with Crippen molar-refractivity contribution in [2.75, 3.05) is 13.1 Å². The minimum absolute atomic E-state index is 0.00969. The van der Waals surface area contributed by atoms with E-state index in [9.17, 15) is 19.5 Å². The molecule has 8 nitrogen and oxygen atoms in total. The molecular weight excluding hydrogens is 528 g/mol. The number of ketones is 1. The fourth-order valence-corrected chi connectivity index (χ4v) is 7.29. The smallest absolute Gasteiger partial charge is 0.277 e. The van der Waals surface area contributed by atoms with Gasteiger partial charge in [0.25, 0.3) is 5.91 Å². The molecule has 1 atom stereocenters. The Kier molecular flexibility index (Phi) is 8.81. The highest BCUT2D eigenvalue weighted by Gasteiger charge is 2.47. The Morgan fingerprint density at radius 1 is 1.00 bits per heavy atom. The van der Waals surface area contributed by atoms with Gasteiger partial charge in [0.05, 0.1) is 34.0 Å². The molecule has 4 aliphatic carbocycles. The molecule has 1 aliphatic heterocycles. The van der Waals surface area contributed by atoms with Gasteiger partial charge in [0.1, 0.15) is 5.76 Å². The number of carbonyl (C=O) groups is 3. The van der Waals surface area contributed by atoms with E-state index in [1.807, 2.05) is 32.9 Å². The molecule has 2 amide bonds. The number of nitrogens with one attached hydrogen (secondary N) is 1. The number of aliphatic hydroxyl groups is 1. The Bertz CT molecular complexity index is 1280. The van der Waals surface area contributed by atoms with Gasteiger partial charge < -0.3 is 15.3 Å². The molecule has 5 rings (SSSR count). The zero-order valence-electron chi connectivity index (χ0n) is 26.1. The Labute approximate surface area is 250 Å². The standard InChI is InChI=1S/C34H48N4O4/c1-6-37(7-2)23-17-18-24(26(20-23)35-32(41)22-14-10-11-15-22)27-30(39)29(31(27)40)28-25(19-16-21-12-8-9-13-21)36-38(33(28)42)34(3,4)5/h17-18,21-22,26,39H,6-16,19-20H2,1-5H3,(H,35,41)/b29-28-. The Balaban J connectivity index is 1.49. The average molecular weight is 577 g/mol. The summed E-state index contributed by atoms with van der Waals surface area (Å²) < 4.78 is 0. The van der Waals surface area contributed by atoms with Crippen molar-refractivity contribution in [2.24, 2.45) is 16.9 Å². The number of aliphatic hydroxyl groups excluding tert-OH is 1. The summed E-state index contributed by atoms with van der Waals surface area (Å²) in [4.78, 5) is 43.1. The largest absolute Gasteiger partial charge is 0.506 e. The number of carbonyl (C=O) groups excluding carboxylic acids is 3. The number of rotatable bonds is 9. The minimum atomic E-state index is -0.555. The third-order valence-electron chi connectivity index (χ3n) is 9.74. The lowest BCUT2D eigenvalue weighted by Crippen LogP contribution is -2.44. The monoisotopic (exact) mass is 576 g/mol. The van der Waals surface area contributed by atoms with Gasteiger partial charge in [0, 0.05) is 31.1 Å². The summed E-state index contributed by atoms with van der Waals surface area (Å²) in [6.45, 7) is 11.6. The molecule has 1 unspecified atom stereocenters. The van der Waals surface area contributed by atoms with Crippen LogP contribution in [-0.4, -0.2) is 63.0 Å². The van der Waals surface area contributed by atoms with Crippen LogP contribution in [-0.2, 0) is 14.4 Å². The van der Waals surface area contributed by atoms with Crippen LogP contribution in [0, 0.1) is 11.8 Å². The van der Waals surface area contributed by atoms with E-state index in [0.29, 0.717) is 30.0 Å². The summed E-state index contributed by atoms with van der Waals surface area (Å²) in [5.41, 5.74) is 2.29. The third kappa shape index (κ3) is 5.73. The van der Waals surface area contributed by atoms with Crippen LogP contribution in [0.1, 0.15) is 105 Å². The van der Waals surface area contributed by atoms with Crippen LogP contribution in [0.15, 0.2) is 51.0 Å². The van der Waals surface area contributed by atoms with Gasteiger partial charge in [-0.1, -0.05) is 44.6 Å². The van der Waals surface area contributed by atoms with Crippen molar-refractivity contribution in [1.82, 2.24) is 15.2 Å². The zero-order valence-corrected chi connectivity index (χ0v) is 26.1. The first-order valence-electron chi connectivity index (χ1n) is 16.2. The number of Topliss-reactive ketones (excluding diaryl/α,β-unsaturated/α-hetero) is 1. The molecule has 2 fully saturated rings. The van der Waals surface area contributed by atoms with E-state index in [1.165, 1.54) is 30.7 Å². The molecule has 0 spiro atoms. The normalized spacial score (nSPS) is 25.6. The van der Waals surface area contributed by atoms with Crippen molar-refractivity contribution in [3.8, 4) is 0 Å². The molecule has 0 radical (unpaired) electrons. The quantitative estimate of drug-likeness (QED) is 0.334. The average Bonchev–Trinajstić information content (AvgIpc) is 3.72. The third-order valence-corrected chi connectivity index (χ3v) is 9.74. The molecule has 2 N–H and O–H groups in total. The van der Waals surface area contributed by atoms with E-state index >= 15 is 0 Å². The van der Waals surface area contributed by atoms with Gasteiger partial charge >= 0.3 is 0 Å². The Morgan fingerprint density at radius 2 is 1.64 bits per heavy atom. The van der Waals surface area contributed by atoms with Gasteiger partial charge in [-0.05, 0) is 77.9 Å². The first-order chi connectivity index (χ1) is 20.0. The molecule has 42 heavy (non-hydrogen) atoms. The molecule has 228 valence electrons. The van der Waals surface area contributed by atoms with Gasteiger partial charge in [-0.15, -0.1) is 0 Å². The molecule has 2 saturated carbocycles. The van der Waals surface area contributed by atoms with E-state index < -0.39 is 11.6 Å². The molecule has 5 aliphatic rings. The Morgan fingerprint density at radius 3 is 2.24 bits per heavy atom. The molecule has 0 bridgehead atoms. The predicted molar refractivity (Wildman–Crippen MR) is 165 cm³/mol. The number of hydrogen-bond acceptors (Lipinski definition) is 6. The van der Waals surface area contributed by atoms with E-state index in [4.69, 9.17) is 5.10 Å². The lowest BCUT2D eigenvalue weighted by atomic mass is 9.75. The molecule has 0 aromatic carbocycles. The van der Waals surface area contributed by atoms with E-state index in [1.54, 1.807) is 0 Å². The van der Waals surface area contributed by atoms with Crippen LogP contribution in [0.3, 0.4) is 0 Å². The predicted octanol–water partition coefficient (Wildman–Crippen LogP) is 5.88. The second-order valence-corrected chi connectivity index (χ2v) is 13.5. The fourth-order valence-electron chi connectivity index (χ4n) is 7.29. The van der Waals surface area contributed by atoms with Gasteiger partial charge in [-0.3, -0.25) is 14.4 Å². The maximum Gasteiger partial charge on any atom is 0.277 e. The summed E-state index contributed by atoms with van der Waals surface area (Å²) in [7, 11) is 0. The van der Waals surface area contributed by atoms with Crippen LogP contribution in [0.4, 0.5) is 0 Å². The van der Waals surface area contributed by atoms with Crippen molar-refractivity contribution < 1.29 is 19.5 Å². The second kappa shape index (κ2) is 12.2. The minimum Gasteiger partial charge on any atom is -0.506 e. The van der Waals surface area contributed by atoms with Crippen LogP contribution >= 0.6 is 0 Å². The number of amides is 2. The van der Waals surface area contributed by atoms with Crippen molar-refractivity contribution >= 4 is 23.3 Å². The number of hydrogen-bond donors (Lipinski definition) is 2. The summed E-state index contributed by atoms with van der Waals surface area (Å²) in [5.74, 6) is -0.208. The van der Waals surface area contributed by atoms with Crippen LogP contribution < -0.4 is 5.32 Å². The molecule has 0 aromatic rings. The number of allylic oxidation sites excluding steroid dienone is 3. The fraction of sp³-hybridized carbons (Fsp3) is 0.647. The van der Waals surface area contributed by atoms with E-state index in [0.717, 1.165) is 50.9 Å². The van der Waals surface area contributed by atoms with Crippen molar-refractivity contribution in [1.29, 1.82) is 0 Å². The van der Waals surface area contributed by atoms with Gasteiger partial charge in [-0.25, -0.2) is 5.01 Å². The van der Waals surface area contributed by atoms with Crippen molar-refractivity contribution in [2.45, 2.75) is 117 Å². The highest BCUT2D eigenvalue weighted by molar-refractivity contribution is 6.34. The van der Waals surface area contributed by atoms with Gasteiger partial charge in [0.15, 0.2) is 0 Å². The first-order valence-corrected chi connectivity index (χ1v) is 16.2. The van der Waals surface area contributed by atoms with E-state index in [-0.39, 0.29) is 46.0 Å². The van der Waals surface area contributed by atoms with Gasteiger partial charge in [-0.2, -0.15) is 5.10 Å². The molecule has 0 aromatic heterocycles. The van der Waals surface area contributed by atoms with Crippen molar-refractivity contribution in [3.05, 3.63) is 45.9 Å². The highest BCUT2D eigenvalue weighted by Crippen LogP contribution is 2.42. The summed E-state index contributed by atoms with van der Waals surface area (Å²) in [6, 6.07) is -0.424. The molecule has 8 heteroatoms. The highest BCUT2D eigenvalue weighted by atomic mass is 16.3. The SMILES string of the molecule is CCN(CC)C1=CC=C(C2=C(O)/C(=C3/C(=O)N(C(C)(C)C)N=C3CCC3CCCC3)C2=O)C(NC(=O)C2CCCC2)C1. The lowest BCUT2D eigenvalue weighted by Gasteiger charge is -2.35. The maximum atomic E-state index is 13.9. The van der Waals surface area contributed by atoms with Gasteiger partial charge in [0.2, 0.25) is 11.7 Å². The van der Waals surface area contributed by atoms with Crippen LogP contribution in [0.25, 0.3) is 0 Å². The van der Waals surface area contributed by atoms with Crippen molar-refractivity contribution in [3.63, 3.8) is 0 Å². The first kappa shape index (κ1) is 30.3. The summed E-state index contributed by atoms with van der Waals surface area (Å²) in [5, 5.41) is 20.9.